The number of fused-ring (bicyclic) bond motifs is 1. The quantitative estimate of drug-likeness (QED) is 0.349. The molecule has 0 fully saturated rings. The van der Waals surface area contributed by atoms with Crippen LogP contribution in [0.1, 0.15) is 17.3 Å². The van der Waals surface area contributed by atoms with Crippen LogP contribution in [0, 0.1) is 0 Å². The second-order valence-electron chi connectivity index (χ2n) is 7.11. The van der Waals surface area contributed by atoms with Crippen LogP contribution in [0.3, 0.4) is 0 Å². The van der Waals surface area contributed by atoms with E-state index in [9.17, 15) is 9.59 Å². The summed E-state index contributed by atoms with van der Waals surface area (Å²) in [5.74, 6) is 1.13. The van der Waals surface area contributed by atoms with E-state index in [4.69, 9.17) is 9.47 Å². The van der Waals surface area contributed by atoms with Crippen LogP contribution in [0.5, 0.6) is 11.5 Å². The molecule has 2 N–H and O–H groups in total. The third-order valence-corrected chi connectivity index (χ3v) is 5.71. The zero-order valence-electron chi connectivity index (χ0n) is 18.6. The molecule has 0 aliphatic heterocycles. The summed E-state index contributed by atoms with van der Waals surface area (Å²) in [6.07, 6.45) is 1.65. The molecule has 0 saturated heterocycles. The van der Waals surface area contributed by atoms with E-state index in [1.165, 1.54) is 11.8 Å². The molecular formula is C24H23N5O4S. The fraction of sp³-hybridized carbons (Fsp3) is 0.167. The number of amides is 2. The summed E-state index contributed by atoms with van der Waals surface area (Å²) in [7, 11) is 1.58. The summed E-state index contributed by atoms with van der Waals surface area (Å²) in [4.78, 5) is 25.1. The van der Waals surface area contributed by atoms with Gasteiger partial charge in [0.1, 0.15) is 11.5 Å². The first-order valence-electron chi connectivity index (χ1n) is 10.5. The van der Waals surface area contributed by atoms with E-state index < -0.39 is 0 Å². The first-order chi connectivity index (χ1) is 16.6. The Morgan fingerprint density at radius 2 is 1.59 bits per heavy atom. The Bertz CT molecular complexity index is 1290. The maximum Gasteiger partial charge on any atom is 0.257 e. The van der Waals surface area contributed by atoms with Gasteiger partial charge in [0, 0.05) is 17.6 Å². The monoisotopic (exact) mass is 477 g/mol. The Kier molecular flexibility index (Phi) is 7.28. The highest BCUT2D eigenvalue weighted by atomic mass is 32.2. The second kappa shape index (κ2) is 10.7. The van der Waals surface area contributed by atoms with Crippen LogP contribution >= 0.6 is 11.8 Å². The van der Waals surface area contributed by atoms with Gasteiger partial charge in [-0.1, -0.05) is 11.8 Å². The van der Waals surface area contributed by atoms with Gasteiger partial charge in [-0.2, -0.15) is 0 Å². The highest BCUT2D eigenvalue weighted by molar-refractivity contribution is 7.99. The number of carbonyl (C=O) groups excluding carboxylic acids is 2. The van der Waals surface area contributed by atoms with Crippen LogP contribution in [0.15, 0.2) is 72.0 Å². The Morgan fingerprint density at radius 3 is 2.26 bits per heavy atom. The van der Waals surface area contributed by atoms with Gasteiger partial charge >= 0.3 is 0 Å². The molecule has 4 rings (SSSR count). The van der Waals surface area contributed by atoms with E-state index in [0.29, 0.717) is 40.1 Å². The highest BCUT2D eigenvalue weighted by Crippen LogP contribution is 2.21. The fourth-order valence-corrected chi connectivity index (χ4v) is 3.82. The molecule has 2 aromatic carbocycles. The smallest absolute Gasteiger partial charge is 0.257 e. The molecule has 0 unspecified atom stereocenters. The van der Waals surface area contributed by atoms with Crippen LogP contribution in [0.2, 0.25) is 0 Å². The number of ether oxygens (including phenoxy) is 2. The number of carbonyl (C=O) groups is 2. The van der Waals surface area contributed by atoms with Crippen LogP contribution in [0.4, 0.5) is 11.4 Å². The van der Waals surface area contributed by atoms with Crippen molar-refractivity contribution in [2.75, 3.05) is 30.1 Å². The van der Waals surface area contributed by atoms with Gasteiger partial charge in [-0.25, -0.2) is 0 Å². The third kappa shape index (κ3) is 5.65. The van der Waals surface area contributed by atoms with E-state index in [2.05, 4.69) is 20.8 Å². The molecule has 2 aromatic heterocycles. The lowest BCUT2D eigenvalue weighted by Crippen LogP contribution is -2.14. The zero-order chi connectivity index (χ0) is 23.9. The largest absolute Gasteiger partial charge is 0.497 e. The Morgan fingerprint density at radius 1 is 0.912 bits per heavy atom. The molecule has 0 atom stereocenters. The second-order valence-corrected chi connectivity index (χ2v) is 8.05. The number of nitrogens with one attached hydrogen (secondary N) is 2. The standard InChI is InChI=1S/C24H23N5O4S/c1-3-33-20-11-7-17(8-12-20)25-22(30)15-34-24-28-27-21-13-4-16(14-29(21)24)23(31)26-18-5-9-19(32-2)10-6-18/h4-14H,3,15H2,1-2H3,(H,25,30)(H,26,31). The van der Waals surface area contributed by atoms with E-state index in [1.807, 2.05) is 6.92 Å². The summed E-state index contributed by atoms with van der Waals surface area (Å²) < 4.78 is 12.2. The average Bonchev–Trinajstić information content (AvgIpc) is 3.27. The summed E-state index contributed by atoms with van der Waals surface area (Å²) in [6.45, 7) is 2.50. The molecular weight excluding hydrogens is 454 g/mol. The van der Waals surface area contributed by atoms with Crippen molar-refractivity contribution in [3.63, 3.8) is 0 Å². The number of pyridine rings is 1. The van der Waals surface area contributed by atoms with E-state index in [0.717, 1.165) is 5.75 Å². The summed E-state index contributed by atoms with van der Waals surface area (Å²) >= 11 is 1.23. The van der Waals surface area contributed by atoms with E-state index in [-0.39, 0.29) is 17.6 Å². The summed E-state index contributed by atoms with van der Waals surface area (Å²) in [5, 5.41) is 14.5. The molecule has 0 radical (unpaired) electrons. The summed E-state index contributed by atoms with van der Waals surface area (Å²) in [6, 6.07) is 17.6. The van der Waals surface area contributed by atoms with Crippen molar-refractivity contribution in [3.05, 3.63) is 72.4 Å². The van der Waals surface area contributed by atoms with E-state index in [1.54, 1.807) is 78.4 Å². The molecule has 2 amide bonds. The minimum absolute atomic E-state index is 0.135. The molecule has 0 aliphatic rings. The Labute approximate surface area is 200 Å². The molecule has 0 bridgehead atoms. The third-order valence-electron chi connectivity index (χ3n) is 4.76. The topological polar surface area (TPSA) is 107 Å². The number of benzene rings is 2. The summed E-state index contributed by atoms with van der Waals surface area (Å²) in [5.41, 5.74) is 2.34. The number of aromatic nitrogens is 3. The van der Waals surface area contributed by atoms with Gasteiger partial charge in [-0.05, 0) is 67.6 Å². The van der Waals surface area contributed by atoms with Crippen molar-refractivity contribution in [2.24, 2.45) is 0 Å². The van der Waals surface area contributed by atoms with Gasteiger partial charge in [-0.15, -0.1) is 10.2 Å². The van der Waals surface area contributed by atoms with Crippen LogP contribution in [0.25, 0.3) is 5.65 Å². The van der Waals surface area contributed by atoms with Crippen molar-refractivity contribution in [1.82, 2.24) is 14.6 Å². The molecule has 10 heteroatoms. The number of nitrogens with zero attached hydrogens (tertiary/aromatic N) is 3. The molecule has 9 nitrogen and oxygen atoms in total. The number of hydrogen-bond donors (Lipinski definition) is 2. The van der Waals surface area contributed by atoms with Crippen molar-refractivity contribution >= 4 is 40.6 Å². The lowest BCUT2D eigenvalue weighted by Gasteiger charge is -2.08. The lowest BCUT2D eigenvalue weighted by molar-refractivity contribution is -0.113. The molecule has 0 saturated carbocycles. The van der Waals surface area contributed by atoms with Crippen molar-refractivity contribution in [2.45, 2.75) is 12.1 Å². The first-order valence-corrected chi connectivity index (χ1v) is 11.5. The fourth-order valence-electron chi connectivity index (χ4n) is 3.11. The molecule has 0 spiro atoms. The Hall–Kier alpha value is -4.05. The van der Waals surface area contributed by atoms with E-state index >= 15 is 0 Å². The normalized spacial score (nSPS) is 10.6. The predicted octanol–water partition coefficient (Wildman–Crippen LogP) is 4.12. The van der Waals surface area contributed by atoms with Crippen LogP contribution < -0.4 is 20.1 Å². The molecule has 4 aromatic rings. The average molecular weight is 478 g/mol. The van der Waals surface area contributed by atoms with Crippen molar-refractivity contribution in [1.29, 1.82) is 0 Å². The van der Waals surface area contributed by atoms with Gasteiger partial charge in [0.2, 0.25) is 5.91 Å². The van der Waals surface area contributed by atoms with Gasteiger partial charge < -0.3 is 20.1 Å². The van der Waals surface area contributed by atoms with Crippen molar-refractivity contribution in [3.8, 4) is 11.5 Å². The molecule has 34 heavy (non-hydrogen) atoms. The minimum Gasteiger partial charge on any atom is -0.497 e. The number of thioether (sulfide) groups is 1. The van der Waals surface area contributed by atoms with Gasteiger partial charge in [0.25, 0.3) is 5.91 Å². The number of rotatable bonds is 9. The maximum atomic E-state index is 12.7. The number of anilines is 2. The zero-order valence-corrected chi connectivity index (χ0v) is 19.5. The van der Waals surface area contributed by atoms with Gasteiger partial charge in [0.15, 0.2) is 10.8 Å². The lowest BCUT2D eigenvalue weighted by atomic mass is 10.2. The van der Waals surface area contributed by atoms with Gasteiger partial charge in [0.05, 0.1) is 25.0 Å². The number of methoxy groups -OCH3 is 1. The van der Waals surface area contributed by atoms with Gasteiger partial charge in [-0.3, -0.25) is 14.0 Å². The van der Waals surface area contributed by atoms with Crippen molar-refractivity contribution < 1.29 is 19.1 Å². The maximum absolute atomic E-state index is 12.7. The molecule has 0 aliphatic carbocycles. The molecule has 174 valence electrons. The SMILES string of the molecule is CCOc1ccc(NC(=O)CSc2nnc3ccc(C(=O)Nc4ccc(OC)cc4)cn23)cc1. The first kappa shape index (κ1) is 23.1. The molecule has 2 heterocycles. The van der Waals surface area contributed by atoms with Crippen LogP contribution in [-0.2, 0) is 4.79 Å². The van der Waals surface area contributed by atoms with Crippen LogP contribution in [-0.4, -0.2) is 45.9 Å². The minimum atomic E-state index is -0.273. The Balaban J connectivity index is 1.39. The highest BCUT2D eigenvalue weighted by Gasteiger charge is 2.13. The predicted molar refractivity (Wildman–Crippen MR) is 131 cm³/mol. The number of hydrogen-bond acceptors (Lipinski definition) is 7.